The smallest absolute Gasteiger partial charge is 0.137 e. The lowest BCUT2D eigenvalue weighted by molar-refractivity contribution is 0.417. The number of aromatic nitrogens is 2. The average Bonchev–Trinajstić information content (AvgIpc) is 2.86. The van der Waals surface area contributed by atoms with E-state index in [2.05, 4.69) is 29.1 Å². The molecule has 0 saturated carbocycles. The van der Waals surface area contributed by atoms with Crippen molar-refractivity contribution < 1.29 is 4.42 Å². The van der Waals surface area contributed by atoms with E-state index >= 15 is 0 Å². The number of furan rings is 1. The van der Waals surface area contributed by atoms with Gasteiger partial charge in [-0.05, 0) is 25.1 Å². The first-order valence-electron chi connectivity index (χ1n) is 5.93. The fourth-order valence-corrected chi connectivity index (χ4v) is 1.81. The lowest BCUT2D eigenvalue weighted by Crippen LogP contribution is -2.19. The lowest BCUT2D eigenvalue weighted by atomic mass is 10.2. The van der Waals surface area contributed by atoms with Gasteiger partial charge in [0.2, 0.25) is 0 Å². The van der Waals surface area contributed by atoms with E-state index in [4.69, 9.17) is 4.42 Å². The molecule has 0 aliphatic heterocycles. The quantitative estimate of drug-likeness (QED) is 0.859. The van der Waals surface area contributed by atoms with Crippen LogP contribution in [-0.4, -0.2) is 16.5 Å². The normalized spacial score (nSPS) is 12.6. The summed E-state index contributed by atoms with van der Waals surface area (Å²) >= 11 is 0. The largest absolute Gasteiger partial charge is 0.459 e. The number of hydrogen-bond donors (Lipinski definition) is 1. The maximum Gasteiger partial charge on any atom is 0.137 e. The molecule has 1 unspecified atom stereocenters. The second-order valence-corrected chi connectivity index (χ2v) is 3.85. The number of rotatable bonds is 5. The minimum atomic E-state index is 0.276. The molecule has 17 heavy (non-hydrogen) atoms. The predicted molar refractivity (Wildman–Crippen MR) is 66.4 cm³/mol. The third kappa shape index (κ3) is 2.71. The molecule has 90 valence electrons. The topological polar surface area (TPSA) is 51.0 Å². The van der Waals surface area contributed by atoms with E-state index in [0.717, 1.165) is 30.0 Å². The Kier molecular flexibility index (Phi) is 3.88. The summed E-state index contributed by atoms with van der Waals surface area (Å²) in [6, 6.07) is 4.26. The van der Waals surface area contributed by atoms with Crippen LogP contribution in [0, 0.1) is 0 Å². The highest BCUT2D eigenvalue weighted by molar-refractivity contribution is 5.54. The van der Waals surface area contributed by atoms with Gasteiger partial charge in [-0.3, -0.25) is 0 Å². The van der Waals surface area contributed by atoms with Crippen LogP contribution in [0.4, 0.5) is 0 Å². The van der Waals surface area contributed by atoms with Crippen LogP contribution in [0.25, 0.3) is 11.3 Å². The van der Waals surface area contributed by atoms with Crippen LogP contribution >= 0.6 is 0 Å². The number of nitrogens with one attached hydrogen (secondary N) is 1. The maximum atomic E-state index is 5.83. The van der Waals surface area contributed by atoms with Crippen LogP contribution in [0.15, 0.2) is 35.3 Å². The molecule has 2 aromatic rings. The first-order valence-corrected chi connectivity index (χ1v) is 5.93. The van der Waals surface area contributed by atoms with Gasteiger partial charge in [-0.2, -0.15) is 0 Å². The monoisotopic (exact) mass is 231 g/mol. The van der Waals surface area contributed by atoms with Crippen LogP contribution in [0.3, 0.4) is 0 Å². The third-order valence-corrected chi connectivity index (χ3v) is 2.67. The molecule has 1 atom stereocenters. The Bertz CT molecular complexity index is 453. The van der Waals surface area contributed by atoms with Gasteiger partial charge >= 0.3 is 0 Å². The Morgan fingerprint density at radius 1 is 1.24 bits per heavy atom. The minimum absolute atomic E-state index is 0.276. The molecule has 4 nitrogen and oxygen atoms in total. The van der Waals surface area contributed by atoms with Crippen LogP contribution < -0.4 is 5.32 Å². The van der Waals surface area contributed by atoms with Crippen molar-refractivity contribution in [2.24, 2.45) is 0 Å². The molecule has 0 aliphatic carbocycles. The van der Waals surface area contributed by atoms with Crippen molar-refractivity contribution >= 4 is 0 Å². The van der Waals surface area contributed by atoms with E-state index in [-0.39, 0.29) is 6.04 Å². The Morgan fingerprint density at radius 2 is 2.00 bits per heavy atom. The fraction of sp³-hybridized carbons (Fsp3) is 0.385. The molecule has 2 rings (SSSR count). The first-order chi connectivity index (χ1) is 8.35. The molecule has 0 aliphatic rings. The fourth-order valence-electron chi connectivity index (χ4n) is 1.81. The van der Waals surface area contributed by atoms with Crippen molar-refractivity contribution in [3.8, 4) is 11.3 Å². The summed E-state index contributed by atoms with van der Waals surface area (Å²) in [5, 5.41) is 3.39. The standard InChI is InChI=1S/C13H17N3O/c1-3-11(16-4-2)13-6-5-12(17-13)10-7-14-9-15-8-10/h5-9,11,16H,3-4H2,1-2H3. The molecule has 2 aromatic heterocycles. The molecule has 0 saturated heterocycles. The minimum Gasteiger partial charge on any atom is -0.459 e. The second-order valence-electron chi connectivity index (χ2n) is 3.85. The zero-order chi connectivity index (χ0) is 12.1. The van der Waals surface area contributed by atoms with Gasteiger partial charge in [-0.15, -0.1) is 0 Å². The Labute approximate surface area is 101 Å². The lowest BCUT2D eigenvalue weighted by Gasteiger charge is -2.12. The van der Waals surface area contributed by atoms with Crippen molar-refractivity contribution in [3.63, 3.8) is 0 Å². The number of nitrogens with zero attached hydrogens (tertiary/aromatic N) is 2. The average molecular weight is 231 g/mol. The van der Waals surface area contributed by atoms with Crippen LogP contribution in [0.5, 0.6) is 0 Å². The predicted octanol–water partition coefficient (Wildman–Crippen LogP) is 2.80. The zero-order valence-corrected chi connectivity index (χ0v) is 10.2. The Morgan fingerprint density at radius 3 is 2.65 bits per heavy atom. The van der Waals surface area contributed by atoms with Gasteiger partial charge in [0.05, 0.1) is 11.6 Å². The van der Waals surface area contributed by atoms with Gasteiger partial charge in [-0.1, -0.05) is 13.8 Å². The van der Waals surface area contributed by atoms with Gasteiger partial charge in [-0.25, -0.2) is 9.97 Å². The van der Waals surface area contributed by atoms with Gasteiger partial charge in [0.25, 0.3) is 0 Å². The first kappa shape index (κ1) is 11.8. The molecular formula is C13H17N3O. The molecule has 2 heterocycles. The van der Waals surface area contributed by atoms with Crippen molar-refractivity contribution in [1.82, 2.24) is 15.3 Å². The summed E-state index contributed by atoms with van der Waals surface area (Å²) in [6.45, 7) is 5.17. The van der Waals surface area contributed by atoms with E-state index < -0.39 is 0 Å². The highest BCUT2D eigenvalue weighted by Gasteiger charge is 2.13. The van der Waals surface area contributed by atoms with Gasteiger partial charge in [0.15, 0.2) is 0 Å². The van der Waals surface area contributed by atoms with Crippen molar-refractivity contribution in [1.29, 1.82) is 0 Å². The third-order valence-electron chi connectivity index (χ3n) is 2.67. The molecule has 0 spiro atoms. The molecule has 1 N–H and O–H groups in total. The van der Waals surface area contributed by atoms with Crippen LogP contribution in [-0.2, 0) is 0 Å². The van der Waals surface area contributed by atoms with E-state index in [0.29, 0.717) is 0 Å². The van der Waals surface area contributed by atoms with Gasteiger partial charge in [0.1, 0.15) is 17.8 Å². The second kappa shape index (κ2) is 5.59. The highest BCUT2D eigenvalue weighted by Crippen LogP contribution is 2.25. The summed E-state index contributed by atoms with van der Waals surface area (Å²) in [7, 11) is 0. The van der Waals surface area contributed by atoms with Crippen LogP contribution in [0.2, 0.25) is 0 Å². The summed E-state index contributed by atoms with van der Waals surface area (Å²) in [6.07, 6.45) is 6.03. The van der Waals surface area contributed by atoms with E-state index in [1.54, 1.807) is 12.4 Å². The summed E-state index contributed by atoms with van der Waals surface area (Å²) in [5.74, 6) is 1.78. The molecule has 4 heteroatoms. The van der Waals surface area contributed by atoms with Crippen molar-refractivity contribution in [3.05, 3.63) is 36.6 Å². The number of hydrogen-bond acceptors (Lipinski definition) is 4. The molecular weight excluding hydrogens is 214 g/mol. The van der Waals surface area contributed by atoms with Gasteiger partial charge in [0, 0.05) is 12.4 Å². The van der Waals surface area contributed by atoms with E-state index in [9.17, 15) is 0 Å². The highest BCUT2D eigenvalue weighted by atomic mass is 16.3. The van der Waals surface area contributed by atoms with Crippen LogP contribution in [0.1, 0.15) is 32.1 Å². The molecule has 0 fully saturated rings. The van der Waals surface area contributed by atoms with Crippen molar-refractivity contribution in [2.75, 3.05) is 6.54 Å². The molecule has 0 aromatic carbocycles. The summed E-state index contributed by atoms with van der Waals surface area (Å²) in [4.78, 5) is 7.97. The SMILES string of the molecule is CCNC(CC)c1ccc(-c2cncnc2)o1. The Hall–Kier alpha value is -1.68. The van der Waals surface area contributed by atoms with Gasteiger partial charge < -0.3 is 9.73 Å². The van der Waals surface area contributed by atoms with Crippen molar-refractivity contribution in [2.45, 2.75) is 26.3 Å². The molecule has 0 bridgehead atoms. The molecule has 0 radical (unpaired) electrons. The summed E-state index contributed by atoms with van der Waals surface area (Å²) in [5.41, 5.74) is 0.908. The zero-order valence-electron chi connectivity index (χ0n) is 10.2. The van der Waals surface area contributed by atoms with E-state index in [1.807, 2.05) is 12.1 Å². The maximum absolute atomic E-state index is 5.83. The van der Waals surface area contributed by atoms with E-state index in [1.165, 1.54) is 6.33 Å². The summed E-state index contributed by atoms with van der Waals surface area (Å²) < 4.78 is 5.83. The molecule has 0 amide bonds. The Balaban J connectivity index is 2.21.